The fraction of sp³-hybridized carbons (Fsp3) is 0.520. The lowest BCUT2D eigenvalue weighted by atomic mass is 9.70. The molecule has 1 fully saturated rings. The lowest BCUT2D eigenvalue weighted by molar-refractivity contribution is -0.100. The third kappa shape index (κ3) is 2.54. The van der Waals surface area contributed by atoms with Crippen molar-refractivity contribution in [2.75, 3.05) is 19.6 Å². The molecule has 2 atom stereocenters. The summed E-state index contributed by atoms with van der Waals surface area (Å²) >= 11 is 6.43. The first-order valence-electron chi connectivity index (χ1n) is 10.6. The number of fused-ring (bicyclic) bond motifs is 8. The van der Waals surface area contributed by atoms with E-state index in [-0.39, 0.29) is 10.8 Å². The van der Waals surface area contributed by atoms with E-state index in [1.165, 1.54) is 22.3 Å². The Morgan fingerprint density at radius 3 is 2.43 bits per heavy atom. The normalized spacial score (nSPS) is 28.2. The molecule has 3 heteroatoms. The molecule has 1 saturated heterocycles. The Hall–Kier alpha value is -1.35. The van der Waals surface area contributed by atoms with E-state index in [0.717, 1.165) is 43.9 Å². The monoisotopic (exact) mass is 395 g/mol. The second-order valence-corrected chi connectivity index (χ2v) is 10.7. The van der Waals surface area contributed by atoms with Crippen LogP contribution in [0.2, 0.25) is 5.02 Å². The molecular formula is C25H30ClNO. The van der Waals surface area contributed by atoms with Crippen LogP contribution in [0.4, 0.5) is 0 Å². The first-order valence-corrected chi connectivity index (χ1v) is 11.0. The molecule has 0 amide bonds. The largest absolute Gasteiger partial charge is 0.389 e. The number of nitrogens with zero attached hydrogens (tertiary/aromatic N) is 1. The Labute approximate surface area is 173 Å². The average molecular weight is 396 g/mol. The third-order valence-electron chi connectivity index (χ3n) is 7.88. The van der Waals surface area contributed by atoms with Gasteiger partial charge >= 0.3 is 0 Å². The van der Waals surface area contributed by atoms with Crippen LogP contribution in [0.3, 0.4) is 0 Å². The minimum atomic E-state index is -0.561. The van der Waals surface area contributed by atoms with E-state index in [1.807, 2.05) is 6.07 Å². The van der Waals surface area contributed by atoms with Crippen LogP contribution in [0.5, 0.6) is 0 Å². The van der Waals surface area contributed by atoms with Crippen molar-refractivity contribution in [1.82, 2.24) is 4.90 Å². The topological polar surface area (TPSA) is 23.5 Å². The molecule has 5 rings (SSSR count). The number of likely N-dealkylation sites (tertiary alicyclic amines) is 1. The molecule has 148 valence electrons. The van der Waals surface area contributed by atoms with Gasteiger partial charge in [0.1, 0.15) is 0 Å². The number of aliphatic hydroxyl groups is 1. The summed E-state index contributed by atoms with van der Waals surface area (Å²) in [6, 6.07) is 15.5. The average Bonchev–Trinajstić information content (AvgIpc) is 3.14. The van der Waals surface area contributed by atoms with Crippen molar-refractivity contribution in [3.63, 3.8) is 0 Å². The van der Waals surface area contributed by atoms with Gasteiger partial charge in [0, 0.05) is 36.0 Å². The van der Waals surface area contributed by atoms with Crippen LogP contribution in [0.1, 0.15) is 68.2 Å². The van der Waals surface area contributed by atoms with E-state index >= 15 is 0 Å². The van der Waals surface area contributed by atoms with Crippen LogP contribution in [0, 0.1) is 5.41 Å². The molecule has 2 nitrogen and oxygen atoms in total. The third-order valence-corrected chi connectivity index (χ3v) is 8.12. The summed E-state index contributed by atoms with van der Waals surface area (Å²) in [7, 11) is 0. The summed E-state index contributed by atoms with van der Waals surface area (Å²) in [4.78, 5) is 2.58. The van der Waals surface area contributed by atoms with Crippen LogP contribution in [-0.2, 0) is 5.41 Å². The summed E-state index contributed by atoms with van der Waals surface area (Å²) in [5.41, 5.74) is 5.29. The molecule has 0 saturated carbocycles. The van der Waals surface area contributed by atoms with Gasteiger partial charge in [0.05, 0.1) is 5.60 Å². The molecule has 0 spiro atoms. The number of halogens is 1. The van der Waals surface area contributed by atoms with Crippen LogP contribution in [0.15, 0.2) is 42.5 Å². The van der Waals surface area contributed by atoms with Gasteiger partial charge in [-0.1, -0.05) is 62.7 Å². The fourth-order valence-corrected chi connectivity index (χ4v) is 6.20. The first-order chi connectivity index (χ1) is 13.2. The lowest BCUT2D eigenvalue weighted by Gasteiger charge is -2.48. The predicted molar refractivity (Wildman–Crippen MR) is 115 cm³/mol. The van der Waals surface area contributed by atoms with Crippen molar-refractivity contribution in [3.8, 4) is 0 Å². The Bertz CT molecular complexity index is 922. The van der Waals surface area contributed by atoms with Crippen LogP contribution in [-0.4, -0.2) is 35.2 Å². The van der Waals surface area contributed by atoms with Crippen molar-refractivity contribution < 1.29 is 5.11 Å². The smallest absolute Gasteiger partial charge is 0.0720 e. The molecular weight excluding hydrogens is 366 g/mol. The van der Waals surface area contributed by atoms with Crippen molar-refractivity contribution in [3.05, 3.63) is 69.7 Å². The zero-order valence-electron chi connectivity index (χ0n) is 17.1. The number of hydrogen-bond acceptors (Lipinski definition) is 2. The molecule has 0 radical (unpaired) electrons. The molecule has 1 heterocycles. The number of rotatable bonds is 2. The van der Waals surface area contributed by atoms with Crippen molar-refractivity contribution in [2.45, 2.75) is 57.0 Å². The second kappa shape index (κ2) is 6.08. The quantitative estimate of drug-likeness (QED) is 0.741. The van der Waals surface area contributed by atoms with Gasteiger partial charge in [0.15, 0.2) is 0 Å². The van der Waals surface area contributed by atoms with Gasteiger partial charge in [-0.25, -0.2) is 0 Å². The minimum Gasteiger partial charge on any atom is -0.389 e. The fourth-order valence-electron chi connectivity index (χ4n) is 6.03. The maximum Gasteiger partial charge on any atom is 0.0720 e. The van der Waals surface area contributed by atoms with E-state index in [4.69, 9.17) is 11.6 Å². The molecule has 1 N–H and O–H groups in total. The maximum atomic E-state index is 11.1. The molecule has 2 aromatic rings. The van der Waals surface area contributed by atoms with E-state index in [1.54, 1.807) is 0 Å². The summed E-state index contributed by atoms with van der Waals surface area (Å²) in [5, 5.41) is 12.0. The molecule has 2 aliphatic carbocycles. The minimum absolute atomic E-state index is 0.0404. The molecule has 2 bridgehead atoms. The maximum absolute atomic E-state index is 11.1. The second-order valence-electron chi connectivity index (χ2n) is 10.2. The van der Waals surface area contributed by atoms with E-state index < -0.39 is 5.60 Å². The van der Waals surface area contributed by atoms with Crippen molar-refractivity contribution in [1.29, 1.82) is 0 Å². The number of piperidine rings is 1. The highest BCUT2D eigenvalue weighted by molar-refractivity contribution is 6.30. The standard InChI is InChI=1S/C25H30ClNO/c1-23(2,3)25(28)10-12-27(13-11-25)16-24-15-20(18-6-4-5-7-21(18)24)19-9-8-17(26)14-22(19)24/h4-9,14,20,28H,10-13,15-16H2,1-3H3/t20-,24-/m0/s1. The van der Waals surface area contributed by atoms with Crippen LogP contribution >= 0.6 is 11.6 Å². The summed E-state index contributed by atoms with van der Waals surface area (Å²) in [5.74, 6) is 0.500. The van der Waals surface area contributed by atoms with Crippen LogP contribution in [0.25, 0.3) is 0 Å². The molecule has 0 aromatic heterocycles. The molecule has 2 aromatic carbocycles. The van der Waals surface area contributed by atoms with Gasteiger partial charge in [-0.05, 0) is 59.1 Å². The summed E-state index contributed by atoms with van der Waals surface area (Å²) in [6.45, 7) is 9.42. The SMILES string of the molecule is CC(C)(C)C1(O)CCN(C[C@@]23C[C@@H](c4ccccc42)c2ccc(Cl)cc23)CC1. The molecule has 28 heavy (non-hydrogen) atoms. The first kappa shape index (κ1) is 18.7. The molecule has 0 unspecified atom stereocenters. The van der Waals surface area contributed by atoms with Gasteiger partial charge in [-0.15, -0.1) is 0 Å². The zero-order valence-corrected chi connectivity index (χ0v) is 17.9. The number of hydrogen-bond donors (Lipinski definition) is 1. The highest BCUT2D eigenvalue weighted by Crippen LogP contribution is 2.60. The van der Waals surface area contributed by atoms with Crippen molar-refractivity contribution >= 4 is 11.6 Å². The predicted octanol–water partition coefficient (Wildman–Crippen LogP) is 5.35. The van der Waals surface area contributed by atoms with Gasteiger partial charge in [-0.2, -0.15) is 0 Å². The number of benzene rings is 2. The Kier molecular flexibility index (Phi) is 4.05. The molecule has 3 aliphatic rings. The van der Waals surface area contributed by atoms with E-state index in [2.05, 4.69) is 62.1 Å². The summed E-state index contributed by atoms with van der Waals surface area (Å²) < 4.78 is 0. The van der Waals surface area contributed by atoms with Crippen LogP contribution < -0.4 is 0 Å². The van der Waals surface area contributed by atoms with Gasteiger partial charge < -0.3 is 10.0 Å². The highest BCUT2D eigenvalue weighted by atomic mass is 35.5. The van der Waals surface area contributed by atoms with Gasteiger partial charge in [0.25, 0.3) is 0 Å². The Morgan fingerprint density at radius 2 is 1.71 bits per heavy atom. The van der Waals surface area contributed by atoms with E-state index in [0.29, 0.717) is 5.92 Å². The van der Waals surface area contributed by atoms with E-state index in [9.17, 15) is 5.11 Å². The Morgan fingerprint density at radius 1 is 1.04 bits per heavy atom. The lowest BCUT2D eigenvalue weighted by Crippen LogP contribution is -2.53. The zero-order chi connectivity index (χ0) is 19.7. The van der Waals surface area contributed by atoms with Gasteiger partial charge in [-0.3, -0.25) is 0 Å². The van der Waals surface area contributed by atoms with Gasteiger partial charge in [0.2, 0.25) is 0 Å². The summed E-state index contributed by atoms with van der Waals surface area (Å²) in [6.07, 6.45) is 2.85. The molecule has 1 aliphatic heterocycles. The Balaban J connectivity index is 1.49. The van der Waals surface area contributed by atoms with Crippen molar-refractivity contribution in [2.24, 2.45) is 5.41 Å². The highest BCUT2D eigenvalue weighted by Gasteiger charge is 2.54.